The van der Waals surface area contributed by atoms with Crippen LogP contribution in [-0.2, 0) is 14.1 Å². The maximum Gasteiger partial charge on any atom is 0.319 e. The lowest BCUT2D eigenvalue weighted by molar-refractivity contribution is 0.0913. The molecule has 0 aromatic rings. The number of nitrogens with one attached hydrogen (secondary N) is 1. The van der Waals surface area contributed by atoms with Crippen LogP contribution < -0.4 is 4.89 Å². The molecule has 0 aliphatic heterocycles. The van der Waals surface area contributed by atoms with E-state index in [2.05, 4.69) is 11.8 Å². The van der Waals surface area contributed by atoms with Crippen LogP contribution in [0.4, 0.5) is 0 Å². The highest BCUT2D eigenvalue weighted by atomic mass is 35.7. The summed E-state index contributed by atoms with van der Waals surface area (Å²) in [6, 6.07) is 0. The van der Waals surface area contributed by atoms with E-state index in [0.717, 1.165) is 19.3 Å². The van der Waals surface area contributed by atoms with Crippen LogP contribution in [0, 0.1) is 0 Å². The highest BCUT2D eigenvalue weighted by Gasteiger charge is 2.01. The van der Waals surface area contributed by atoms with Gasteiger partial charge in [0.25, 0.3) is 0 Å². The van der Waals surface area contributed by atoms with E-state index in [9.17, 15) is 8.42 Å². The van der Waals surface area contributed by atoms with Crippen molar-refractivity contribution in [3.8, 4) is 0 Å². The lowest BCUT2D eigenvalue weighted by atomic mass is 10.2. The lowest BCUT2D eigenvalue weighted by Gasteiger charge is -2.01. The highest BCUT2D eigenvalue weighted by molar-refractivity contribution is 8.12. The van der Waals surface area contributed by atoms with Gasteiger partial charge in [-0.05, 0) is 6.42 Å². The minimum Gasteiger partial charge on any atom is -0.286 e. The van der Waals surface area contributed by atoms with Gasteiger partial charge in [-0.15, -0.1) is 0 Å². The number of hydrogen-bond acceptors (Lipinski definition) is 3. The molecule has 13 heavy (non-hydrogen) atoms. The maximum absolute atomic E-state index is 10.3. The molecule has 1 N–H and O–H groups in total. The predicted octanol–water partition coefficient (Wildman–Crippen LogP) is 1.96. The Balaban J connectivity index is 3.09. The van der Waals surface area contributed by atoms with Gasteiger partial charge in [0.2, 0.25) is 0 Å². The molecule has 0 spiro atoms. The molecule has 0 amide bonds. The molecular formula is C7H16ClNO3S. The van der Waals surface area contributed by atoms with Crippen LogP contribution in [0.15, 0.2) is 0 Å². The van der Waals surface area contributed by atoms with Crippen molar-refractivity contribution in [1.82, 2.24) is 4.89 Å². The van der Waals surface area contributed by atoms with Gasteiger partial charge in [-0.1, -0.05) is 37.5 Å². The van der Waals surface area contributed by atoms with Gasteiger partial charge in [0.05, 0.1) is 6.61 Å². The van der Waals surface area contributed by atoms with Gasteiger partial charge >= 0.3 is 9.24 Å². The third kappa shape index (κ3) is 12.2. The largest absolute Gasteiger partial charge is 0.319 e. The minimum atomic E-state index is -3.72. The van der Waals surface area contributed by atoms with Crippen LogP contribution in [0.5, 0.6) is 0 Å². The first kappa shape index (κ1) is 13.2. The third-order valence-electron chi connectivity index (χ3n) is 1.51. The molecule has 0 saturated carbocycles. The van der Waals surface area contributed by atoms with E-state index in [1.54, 1.807) is 4.89 Å². The van der Waals surface area contributed by atoms with Gasteiger partial charge < -0.3 is 0 Å². The summed E-state index contributed by atoms with van der Waals surface area (Å²) in [6.07, 6.45) is 5.46. The second-order valence-electron chi connectivity index (χ2n) is 2.78. The average molecular weight is 230 g/mol. The molecule has 0 atom stereocenters. The second kappa shape index (κ2) is 7.55. The van der Waals surface area contributed by atoms with E-state index in [1.165, 1.54) is 12.8 Å². The van der Waals surface area contributed by atoms with Crippen molar-refractivity contribution in [1.29, 1.82) is 0 Å². The van der Waals surface area contributed by atoms with Crippen molar-refractivity contribution in [3.63, 3.8) is 0 Å². The van der Waals surface area contributed by atoms with Gasteiger partial charge in [-0.3, -0.25) is 4.84 Å². The molecule has 0 aromatic heterocycles. The topological polar surface area (TPSA) is 55.4 Å². The summed E-state index contributed by atoms with van der Waals surface area (Å²) in [4.78, 5) is 6.36. The zero-order valence-corrected chi connectivity index (χ0v) is 9.33. The van der Waals surface area contributed by atoms with Crippen LogP contribution >= 0.6 is 10.7 Å². The summed E-state index contributed by atoms with van der Waals surface area (Å²) in [5.74, 6) is 0. The molecule has 0 bridgehead atoms. The van der Waals surface area contributed by atoms with Gasteiger partial charge in [-0.2, -0.15) is 8.42 Å². The Labute approximate surface area is 84.1 Å². The SMILES string of the molecule is CCCCCCCONS(=O)(=O)Cl. The first-order valence-corrected chi connectivity index (χ1v) is 6.70. The van der Waals surface area contributed by atoms with Crippen LogP contribution in [0.3, 0.4) is 0 Å². The molecule has 0 unspecified atom stereocenters. The Kier molecular flexibility index (Phi) is 7.65. The summed E-state index contributed by atoms with van der Waals surface area (Å²) >= 11 is 0. The Morgan fingerprint density at radius 3 is 2.38 bits per heavy atom. The van der Waals surface area contributed by atoms with Crippen molar-refractivity contribution in [2.75, 3.05) is 6.61 Å². The summed E-state index contributed by atoms with van der Waals surface area (Å²) in [7, 11) is 1.11. The van der Waals surface area contributed by atoms with Crippen LogP contribution in [0.25, 0.3) is 0 Å². The normalized spacial score (nSPS) is 11.8. The average Bonchev–Trinajstić information content (AvgIpc) is 2.01. The Morgan fingerprint density at radius 2 is 1.85 bits per heavy atom. The van der Waals surface area contributed by atoms with Crippen LogP contribution in [0.1, 0.15) is 39.0 Å². The Hall–Kier alpha value is 0.160. The maximum atomic E-state index is 10.3. The molecule has 0 aromatic carbocycles. The summed E-state index contributed by atoms with van der Waals surface area (Å²) in [5.41, 5.74) is 0. The van der Waals surface area contributed by atoms with Crippen molar-refractivity contribution in [3.05, 3.63) is 0 Å². The Bertz CT molecular complexity index is 206. The zero-order chi connectivity index (χ0) is 10.2. The van der Waals surface area contributed by atoms with E-state index < -0.39 is 9.24 Å². The van der Waals surface area contributed by atoms with Crippen LogP contribution in [-0.4, -0.2) is 15.0 Å². The zero-order valence-electron chi connectivity index (χ0n) is 7.75. The molecule has 6 heteroatoms. The number of hydrogen-bond donors (Lipinski definition) is 1. The minimum absolute atomic E-state index is 0.371. The van der Waals surface area contributed by atoms with Gasteiger partial charge in [0, 0.05) is 10.7 Å². The van der Waals surface area contributed by atoms with Gasteiger partial charge in [0.15, 0.2) is 0 Å². The second-order valence-corrected chi connectivity index (χ2v) is 5.05. The molecule has 0 aliphatic rings. The van der Waals surface area contributed by atoms with Gasteiger partial charge in [-0.25, -0.2) is 0 Å². The lowest BCUT2D eigenvalue weighted by Crippen LogP contribution is -2.19. The monoisotopic (exact) mass is 229 g/mol. The third-order valence-corrected chi connectivity index (χ3v) is 2.01. The van der Waals surface area contributed by atoms with E-state index in [4.69, 9.17) is 10.7 Å². The standard InChI is InChI=1S/C7H16ClNO3S/c1-2-3-4-5-6-7-12-9-13(8,10)11/h9H,2-7H2,1H3. The fourth-order valence-corrected chi connectivity index (χ4v) is 1.25. The molecule has 0 rings (SSSR count). The fraction of sp³-hybridized carbons (Fsp3) is 1.00. The fourth-order valence-electron chi connectivity index (χ4n) is 0.890. The molecule has 80 valence electrons. The van der Waals surface area contributed by atoms with Crippen molar-refractivity contribution in [2.45, 2.75) is 39.0 Å². The van der Waals surface area contributed by atoms with E-state index in [-0.39, 0.29) is 0 Å². The van der Waals surface area contributed by atoms with Crippen molar-refractivity contribution < 1.29 is 13.3 Å². The molecule has 0 aliphatic carbocycles. The van der Waals surface area contributed by atoms with Gasteiger partial charge in [0.1, 0.15) is 0 Å². The molecule has 4 nitrogen and oxygen atoms in total. The molecular weight excluding hydrogens is 214 g/mol. The number of unbranched alkanes of at least 4 members (excludes halogenated alkanes) is 4. The number of halogens is 1. The Morgan fingerprint density at radius 1 is 1.23 bits per heavy atom. The van der Waals surface area contributed by atoms with Crippen LogP contribution in [0.2, 0.25) is 0 Å². The summed E-state index contributed by atoms with van der Waals surface area (Å²) < 4.78 is 20.6. The molecule has 0 heterocycles. The smallest absolute Gasteiger partial charge is 0.286 e. The molecule has 0 saturated heterocycles. The molecule has 0 fully saturated rings. The summed E-state index contributed by atoms with van der Waals surface area (Å²) in [6.45, 7) is 2.51. The van der Waals surface area contributed by atoms with E-state index in [0.29, 0.717) is 6.61 Å². The highest BCUT2D eigenvalue weighted by Crippen LogP contribution is 2.02. The predicted molar refractivity (Wildman–Crippen MR) is 52.6 cm³/mol. The first-order valence-electron chi connectivity index (χ1n) is 4.39. The van der Waals surface area contributed by atoms with Crippen molar-refractivity contribution >= 4 is 19.9 Å². The number of rotatable bonds is 8. The first-order chi connectivity index (χ1) is 6.06. The quantitative estimate of drug-likeness (QED) is 0.393. The van der Waals surface area contributed by atoms with Crippen molar-refractivity contribution in [2.24, 2.45) is 0 Å². The van der Waals surface area contributed by atoms with E-state index >= 15 is 0 Å². The van der Waals surface area contributed by atoms with E-state index in [1.807, 2.05) is 0 Å². The molecule has 0 radical (unpaired) electrons. The summed E-state index contributed by atoms with van der Waals surface area (Å²) in [5, 5.41) is 0.